The van der Waals surface area contributed by atoms with Gasteiger partial charge in [-0.3, -0.25) is 4.79 Å². The number of rotatable bonds is 10. The summed E-state index contributed by atoms with van der Waals surface area (Å²) < 4.78 is 32.7. The highest BCUT2D eigenvalue weighted by Crippen LogP contribution is 2.36. The zero-order chi connectivity index (χ0) is 27.4. The molecule has 0 spiro atoms. The molecule has 0 bridgehead atoms. The summed E-state index contributed by atoms with van der Waals surface area (Å²) in [5.74, 6) is 1.12. The first-order valence-electron chi connectivity index (χ1n) is 12.3. The summed E-state index contributed by atoms with van der Waals surface area (Å²) in [5, 5.41) is 39.7. The van der Waals surface area contributed by atoms with Crippen molar-refractivity contribution in [1.82, 2.24) is 0 Å². The Kier molecular flexibility index (Phi) is 8.95. The standard InChI is InChI=1S/C27H34O11/c1-33-18-6-4-15(11-20(18)34-2)9-17-16(13-36-26(17)32)8-14-5-7-19(21(10-14)35-3)37-27-25(31)24(30)23(29)22(12-28)38-27/h4-7,10-11,16-17,22-25,27-31H,8-9,12-13H2,1-3H3/t16-,17-,22-,23+,24-,25-,27-/m0/s1. The van der Waals surface area contributed by atoms with E-state index in [0.29, 0.717) is 36.7 Å². The summed E-state index contributed by atoms with van der Waals surface area (Å²) in [4.78, 5) is 12.6. The Hall–Kier alpha value is -3.09. The number of ether oxygens (including phenoxy) is 6. The van der Waals surface area contributed by atoms with Crippen LogP contribution in [0, 0.1) is 11.8 Å². The molecule has 0 amide bonds. The third-order valence-electron chi connectivity index (χ3n) is 7.03. The predicted octanol–water partition coefficient (Wildman–Crippen LogP) is 0.466. The third-order valence-corrected chi connectivity index (χ3v) is 7.03. The number of hydrogen-bond donors (Lipinski definition) is 4. The molecule has 2 saturated heterocycles. The molecule has 4 N–H and O–H groups in total. The Morgan fingerprint density at radius 2 is 1.42 bits per heavy atom. The van der Waals surface area contributed by atoms with E-state index in [1.54, 1.807) is 32.4 Å². The molecule has 4 rings (SSSR count). The number of aliphatic hydroxyl groups is 4. The van der Waals surface area contributed by atoms with E-state index in [-0.39, 0.29) is 23.6 Å². The molecule has 2 aliphatic heterocycles. The molecule has 2 aliphatic rings. The number of aliphatic hydroxyl groups excluding tert-OH is 4. The van der Waals surface area contributed by atoms with Crippen molar-refractivity contribution in [1.29, 1.82) is 0 Å². The summed E-state index contributed by atoms with van der Waals surface area (Å²) in [6, 6.07) is 10.8. The molecule has 2 fully saturated rings. The highest BCUT2D eigenvalue weighted by atomic mass is 16.7. The Labute approximate surface area is 220 Å². The molecular formula is C27H34O11. The molecule has 2 aromatic rings. The molecule has 2 aromatic carbocycles. The molecule has 0 aromatic heterocycles. The maximum Gasteiger partial charge on any atom is 0.309 e. The van der Waals surface area contributed by atoms with Crippen LogP contribution in [0.2, 0.25) is 0 Å². The minimum Gasteiger partial charge on any atom is -0.493 e. The van der Waals surface area contributed by atoms with Crippen molar-refractivity contribution in [2.75, 3.05) is 34.5 Å². The number of carbonyl (C=O) groups excluding carboxylic acids is 1. The topological polar surface area (TPSA) is 153 Å². The fourth-order valence-corrected chi connectivity index (χ4v) is 4.85. The highest BCUT2D eigenvalue weighted by molar-refractivity contribution is 5.75. The molecule has 11 heteroatoms. The van der Waals surface area contributed by atoms with E-state index in [1.165, 1.54) is 7.11 Å². The van der Waals surface area contributed by atoms with Gasteiger partial charge in [-0.1, -0.05) is 12.1 Å². The van der Waals surface area contributed by atoms with Gasteiger partial charge < -0.3 is 48.8 Å². The Morgan fingerprint density at radius 1 is 0.816 bits per heavy atom. The second-order valence-electron chi connectivity index (χ2n) is 9.39. The normalized spacial score (nSPS) is 29.0. The SMILES string of the molecule is COc1ccc(C[C@@H]2C(=O)OC[C@@H]2Cc2ccc(O[C@H]3O[C@@H](CO)[C@@H](O)[C@H](O)[C@@H]3O)c(OC)c2)cc1OC. The minimum absolute atomic E-state index is 0.0717. The summed E-state index contributed by atoms with van der Waals surface area (Å²) in [6.45, 7) is -0.268. The van der Waals surface area contributed by atoms with Gasteiger partial charge in [0.2, 0.25) is 6.29 Å². The Bertz CT molecular complexity index is 1100. The fraction of sp³-hybridized carbons (Fsp3) is 0.519. The average molecular weight is 535 g/mol. The lowest BCUT2D eigenvalue weighted by atomic mass is 9.85. The quantitative estimate of drug-likeness (QED) is 0.315. The molecular weight excluding hydrogens is 500 g/mol. The van der Waals surface area contributed by atoms with E-state index >= 15 is 0 Å². The van der Waals surface area contributed by atoms with E-state index in [1.807, 2.05) is 18.2 Å². The Balaban J connectivity index is 1.47. The lowest BCUT2D eigenvalue weighted by molar-refractivity contribution is -0.277. The Morgan fingerprint density at radius 3 is 2.05 bits per heavy atom. The van der Waals surface area contributed by atoms with Crippen LogP contribution in [-0.4, -0.2) is 91.6 Å². The molecule has 0 aliphatic carbocycles. The van der Waals surface area contributed by atoms with Gasteiger partial charge >= 0.3 is 5.97 Å². The van der Waals surface area contributed by atoms with Gasteiger partial charge in [0.1, 0.15) is 24.4 Å². The van der Waals surface area contributed by atoms with Crippen LogP contribution in [0.4, 0.5) is 0 Å². The number of methoxy groups -OCH3 is 3. The van der Waals surface area contributed by atoms with Gasteiger partial charge in [-0.25, -0.2) is 0 Å². The smallest absolute Gasteiger partial charge is 0.309 e. The van der Waals surface area contributed by atoms with Crippen LogP contribution in [0.25, 0.3) is 0 Å². The molecule has 11 nitrogen and oxygen atoms in total. The average Bonchev–Trinajstić information content (AvgIpc) is 3.27. The summed E-state index contributed by atoms with van der Waals surface area (Å²) in [7, 11) is 4.59. The molecule has 7 atom stereocenters. The largest absolute Gasteiger partial charge is 0.493 e. The number of carbonyl (C=O) groups is 1. The first-order valence-corrected chi connectivity index (χ1v) is 12.3. The zero-order valence-corrected chi connectivity index (χ0v) is 21.5. The van der Waals surface area contributed by atoms with Crippen LogP contribution in [-0.2, 0) is 27.1 Å². The summed E-state index contributed by atoms with van der Waals surface area (Å²) in [5.41, 5.74) is 1.81. The monoisotopic (exact) mass is 534 g/mol. The second-order valence-corrected chi connectivity index (χ2v) is 9.39. The van der Waals surface area contributed by atoms with Crippen molar-refractivity contribution >= 4 is 5.97 Å². The summed E-state index contributed by atoms with van der Waals surface area (Å²) >= 11 is 0. The van der Waals surface area contributed by atoms with Crippen LogP contribution >= 0.6 is 0 Å². The molecule has 38 heavy (non-hydrogen) atoms. The van der Waals surface area contributed by atoms with Crippen LogP contribution in [0.3, 0.4) is 0 Å². The molecule has 0 radical (unpaired) electrons. The van der Waals surface area contributed by atoms with Crippen LogP contribution < -0.4 is 18.9 Å². The van der Waals surface area contributed by atoms with Crippen molar-refractivity contribution in [3.8, 4) is 23.0 Å². The first-order chi connectivity index (χ1) is 18.3. The molecule has 208 valence electrons. The van der Waals surface area contributed by atoms with Crippen LogP contribution in [0.15, 0.2) is 36.4 Å². The summed E-state index contributed by atoms with van der Waals surface area (Å²) in [6.07, 6.45) is -5.99. The van der Waals surface area contributed by atoms with Crippen molar-refractivity contribution in [2.24, 2.45) is 11.8 Å². The number of benzene rings is 2. The van der Waals surface area contributed by atoms with Gasteiger partial charge in [0.05, 0.1) is 40.5 Å². The fourth-order valence-electron chi connectivity index (χ4n) is 4.85. The molecule has 2 heterocycles. The van der Waals surface area contributed by atoms with Gasteiger partial charge in [0.15, 0.2) is 23.0 Å². The number of cyclic esters (lactones) is 1. The number of esters is 1. The van der Waals surface area contributed by atoms with Crippen molar-refractivity contribution in [2.45, 2.75) is 43.5 Å². The predicted molar refractivity (Wildman–Crippen MR) is 132 cm³/mol. The van der Waals surface area contributed by atoms with Crippen LogP contribution in [0.5, 0.6) is 23.0 Å². The highest BCUT2D eigenvalue weighted by Gasteiger charge is 2.45. The minimum atomic E-state index is -1.56. The van der Waals surface area contributed by atoms with Crippen molar-refractivity contribution < 1.29 is 53.6 Å². The lowest BCUT2D eigenvalue weighted by Gasteiger charge is -2.39. The van der Waals surface area contributed by atoms with E-state index in [0.717, 1.165) is 11.1 Å². The molecule has 0 unspecified atom stereocenters. The lowest BCUT2D eigenvalue weighted by Crippen LogP contribution is -2.60. The van der Waals surface area contributed by atoms with Gasteiger partial charge in [0, 0.05) is 5.92 Å². The second kappa shape index (κ2) is 12.2. The van der Waals surface area contributed by atoms with Crippen molar-refractivity contribution in [3.05, 3.63) is 47.5 Å². The van der Waals surface area contributed by atoms with E-state index < -0.39 is 37.3 Å². The van der Waals surface area contributed by atoms with Gasteiger partial charge in [-0.05, 0) is 48.2 Å². The first kappa shape index (κ1) is 27.9. The zero-order valence-electron chi connectivity index (χ0n) is 21.5. The van der Waals surface area contributed by atoms with Gasteiger partial charge in [-0.15, -0.1) is 0 Å². The van der Waals surface area contributed by atoms with Gasteiger partial charge in [0.25, 0.3) is 0 Å². The van der Waals surface area contributed by atoms with Crippen LogP contribution in [0.1, 0.15) is 11.1 Å². The van der Waals surface area contributed by atoms with E-state index in [9.17, 15) is 25.2 Å². The third kappa shape index (κ3) is 5.82. The maximum atomic E-state index is 12.6. The van der Waals surface area contributed by atoms with E-state index in [2.05, 4.69) is 0 Å². The number of hydrogen-bond acceptors (Lipinski definition) is 11. The van der Waals surface area contributed by atoms with Crippen molar-refractivity contribution in [3.63, 3.8) is 0 Å². The van der Waals surface area contributed by atoms with Gasteiger partial charge in [-0.2, -0.15) is 0 Å². The maximum absolute atomic E-state index is 12.6. The molecule has 0 saturated carbocycles. The van der Waals surface area contributed by atoms with E-state index in [4.69, 9.17) is 28.4 Å².